The maximum absolute atomic E-state index is 14.0. The van der Waals surface area contributed by atoms with Gasteiger partial charge in [0.05, 0.1) is 22.8 Å². The molecule has 1 saturated heterocycles. The second kappa shape index (κ2) is 5.72. The summed E-state index contributed by atoms with van der Waals surface area (Å²) in [6.07, 6.45) is -0.392. The molecule has 1 N–H and O–H groups in total. The van der Waals surface area contributed by atoms with E-state index in [0.717, 1.165) is 0 Å². The first-order valence-electron chi connectivity index (χ1n) is 7.96. The Kier molecular flexibility index (Phi) is 3.93. The van der Waals surface area contributed by atoms with E-state index < -0.39 is 23.5 Å². The second-order valence-electron chi connectivity index (χ2n) is 7.22. The predicted molar refractivity (Wildman–Crippen MR) is 88.2 cm³/mol. The molecular weight excluding hydrogens is 329 g/mol. The van der Waals surface area contributed by atoms with Crippen LogP contribution in [-0.2, 0) is 4.74 Å². The van der Waals surface area contributed by atoms with E-state index in [1.807, 2.05) is 0 Å². The first kappa shape index (κ1) is 17.2. The minimum atomic E-state index is -1.31. The monoisotopic (exact) mass is 349 g/mol. The van der Waals surface area contributed by atoms with Gasteiger partial charge < -0.3 is 14.7 Å². The molecule has 8 heteroatoms. The Balaban J connectivity index is 1.83. The van der Waals surface area contributed by atoms with E-state index >= 15 is 0 Å². The van der Waals surface area contributed by atoms with Gasteiger partial charge in [-0.25, -0.2) is 14.0 Å². The summed E-state index contributed by atoms with van der Waals surface area (Å²) in [6.45, 7) is 7.97. The molecule has 1 aliphatic heterocycles. The summed E-state index contributed by atoms with van der Waals surface area (Å²) in [5.74, 6) is -2.12. The van der Waals surface area contributed by atoms with E-state index in [1.165, 1.54) is 12.1 Å². The lowest BCUT2D eigenvalue weighted by molar-refractivity contribution is 0.000111. The third-order valence-corrected chi connectivity index (χ3v) is 4.07. The Morgan fingerprint density at radius 2 is 1.96 bits per heavy atom. The Labute approximate surface area is 144 Å². The zero-order chi connectivity index (χ0) is 18.5. The number of likely N-dealkylation sites (tertiary alicyclic amines) is 1. The summed E-state index contributed by atoms with van der Waals surface area (Å²) in [4.78, 5) is 24.7. The molecule has 2 aromatic rings. The molecule has 1 amide bonds. The second-order valence-corrected chi connectivity index (χ2v) is 7.22. The topological polar surface area (TPSA) is 84.7 Å². The van der Waals surface area contributed by atoms with Crippen molar-refractivity contribution >= 4 is 23.0 Å². The van der Waals surface area contributed by atoms with Gasteiger partial charge in [-0.3, -0.25) is 4.68 Å². The molecule has 25 heavy (non-hydrogen) atoms. The van der Waals surface area contributed by atoms with Crippen LogP contribution in [0.4, 0.5) is 9.18 Å². The lowest BCUT2D eigenvalue weighted by atomic mass is 10.1. The van der Waals surface area contributed by atoms with Gasteiger partial charge in [0.15, 0.2) is 0 Å². The number of amides is 1. The average molecular weight is 349 g/mol. The number of aromatic carboxylic acids is 1. The molecule has 0 aliphatic carbocycles. The lowest BCUT2D eigenvalue weighted by Gasteiger charge is -2.39. The number of nitrogens with zero attached hydrogens (tertiary/aromatic N) is 3. The van der Waals surface area contributed by atoms with E-state index in [9.17, 15) is 14.0 Å². The van der Waals surface area contributed by atoms with Gasteiger partial charge in [0, 0.05) is 24.5 Å². The van der Waals surface area contributed by atoms with E-state index in [2.05, 4.69) is 5.10 Å². The van der Waals surface area contributed by atoms with Crippen LogP contribution in [0.5, 0.6) is 0 Å². The van der Waals surface area contributed by atoms with Crippen molar-refractivity contribution in [2.75, 3.05) is 13.1 Å². The van der Waals surface area contributed by atoms with E-state index in [1.54, 1.807) is 37.3 Å². The highest BCUT2D eigenvalue weighted by Crippen LogP contribution is 2.30. The summed E-state index contributed by atoms with van der Waals surface area (Å²) in [7, 11) is 0. The SMILES string of the molecule is Cc1nn(C2CN(C(=O)OC(C)(C)C)C2)c2cc(F)c(C(=O)O)cc12. The number of aryl methyl sites for hydroxylation is 1. The van der Waals surface area contributed by atoms with Crippen LogP contribution in [0.1, 0.15) is 42.9 Å². The zero-order valence-electron chi connectivity index (χ0n) is 14.5. The van der Waals surface area contributed by atoms with Crippen LogP contribution < -0.4 is 0 Å². The number of aromatic nitrogens is 2. The minimum Gasteiger partial charge on any atom is -0.478 e. The van der Waals surface area contributed by atoms with Gasteiger partial charge in [-0.2, -0.15) is 5.10 Å². The first-order chi connectivity index (χ1) is 11.6. The molecule has 0 bridgehead atoms. The molecule has 0 radical (unpaired) electrons. The van der Waals surface area contributed by atoms with E-state index in [0.29, 0.717) is 29.7 Å². The number of hydrogen-bond donors (Lipinski definition) is 1. The summed E-state index contributed by atoms with van der Waals surface area (Å²) in [5.41, 5.74) is 0.203. The maximum Gasteiger partial charge on any atom is 0.410 e. The van der Waals surface area contributed by atoms with Crippen molar-refractivity contribution in [2.24, 2.45) is 0 Å². The number of benzene rings is 1. The van der Waals surface area contributed by atoms with Gasteiger partial charge in [-0.05, 0) is 33.8 Å². The van der Waals surface area contributed by atoms with Gasteiger partial charge in [-0.1, -0.05) is 0 Å². The van der Waals surface area contributed by atoms with Crippen LogP contribution in [0, 0.1) is 12.7 Å². The maximum atomic E-state index is 14.0. The molecule has 3 rings (SSSR count). The minimum absolute atomic E-state index is 0.0983. The van der Waals surface area contributed by atoms with Crippen molar-refractivity contribution in [1.29, 1.82) is 0 Å². The van der Waals surface area contributed by atoms with Crippen molar-refractivity contribution in [3.63, 3.8) is 0 Å². The van der Waals surface area contributed by atoms with Crippen molar-refractivity contribution in [3.05, 3.63) is 29.2 Å². The summed E-state index contributed by atoms with van der Waals surface area (Å²) >= 11 is 0. The molecule has 0 saturated carbocycles. The highest BCUT2D eigenvalue weighted by atomic mass is 19.1. The molecule has 1 aromatic heterocycles. The molecule has 134 valence electrons. The molecular formula is C17H20FN3O4. The number of fused-ring (bicyclic) bond motifs is 1. The van der Waals surface area contributed by atoms with E-state index in [-0.39, 0.29) is 11.6 Å². The van der Waals surface area contributed by atoms with Gasteiger partial charge in [-0.15, -0.1) is 0 Å². The van der Waals surface area contributed by atoms with E-state index in [4.69, 9.17) is 9.84 Å². The van der Waals surface area contributed by atoms with Crippen LogP contribution in [-0.4, -0.2) is 50.5 Å². The molecule has 7 nitrogen and oxygen atoms in total. The van der Waals surface area contributed by atoms with Crippen LogP contribution in [0.25, 0.3) is 10.9 Å². The average Bonchev–Trinajstić information content (AvgIpc) is 2.70. The lowest BCUT2D eigenvalue weighted by Crippen LogP contribution is -2.52. The van der Waals surface area contributed by atoms with Gasteiger partial charge in [0.25, 0.3) is 0 Å². The van der Waals surface area contributed by atoms with Gasteiger partial charge in [0.1, 0.15) is 11.4 Å². The molecule has 0 unspecified atom stereocenters. The van der Waals surface area contributed by atoms with Crippen molar-refractivity contribution in [3.8, 4) is 0 Å². The zero-order valence-corrected chi connectivity index (χ0v) is 14.5. The van der Waals surface area contributed by atoms with Crippen molar-refractivity contribution in [1.82, 2.24) is 14.7 Å². The number of carbonyl (C=O) groups excluding carboxylic acids is 1. The van der Waals surface area contributed by atoms with Crippen LogP contribution in [0.3, 0.4) is 0 Å². The molecule has 0 spiro atoms. The largest absolute Gasteiger partial charge is 0.478 e. The number of carboxylic acids is 1. The standard InChI is InChI=1S/C17H20FN3O4/c1-9-11-5-12(15(22)23)13(18)6-14(11)21(19-9)10-7-20(8-10)16(24)25-17(2,3)4/h5-6,10H,7-8H2,1-4H3,(H,22,23). The Morgan fingerprint density at radius 3 is 2.52 bits per heavy atom. The molecule has 1 aliphatic rings. The van der Waals surface area contributed by atoms with Gasteiger partial charge >= 0.3 is 12.1 Å². The number of hydrogen-bond acceptors (Lipinski definition) is 4. The molecule has 2 heterocycles. The molecule has 0 atom stereocenters. The first-order valence-corrected chi connectivity index (χ1v) is 7.96. The third-order valence-electron chi connectivity index (χ3n) is 4.07. The molecule has 1 fully saturated rings. The quantitative estimate of drug-likeness (QED) is 0.901. The van der Waals surface area contributed by atoms with Crippen molar-refractivity contribution < 1.29 is 23.8 Å². The fourth-order valence-corrected chi connectivity index (χ4v) is 2.84. The number of halogens is 1. The summed E-state index contributed by atoms with van der Waals surface area (Å²) in [6, 6.07) is 2.39. The predicted octanol–water partition coefficient (Wildman–Crippen LogP) is 2.97. The van der Waals surface area contributed by atoms with Crippen LogP contribution in [0.2, 0.25) is 0 Å². The fourth-order valence-electron chi connectivity index (χ4n) is 2.84. The smallest absolute Gasteiger partial charge is 0.410 e. The Hall–Kier alpha value is -2.64. The Morgan fingerprint density at radius 1 is 1.32 bits per heavy atom. The molecule has 1 aromatic carbocycles. The number of ether oxygens (including phenoxy) is 1. The summed E-state index contributed by atoms with van der Waals surface area (Å²) < 4.78 is 21.0. The van der Waals surface area contributed by atoms with Gasteiger partial charge in [0.2, 0.25) is 0 Å². The number of carboxylic acid groups (broad SMARTS) is 1. The van der Waals surface area contributed by atoms with Crippen LogP contribution in [0.15, 0.2) is 12.1 Å². The van der Waals surface area contributed by atoms with Crippen LogP contribution >= 0.6 is 0 Å². The third kappa shape index (κ3) is 3.16. The fraction of sp³-hybridized carbons (Fsp3) is 0.471. The summed E-state index contributed by atoms with van der Waals surface area (Å²) in [5, 5.41) is 14.0. The normalized spacial score (nSPS) is 15.3. The Bertz CT molecular complexity index is 863. The highest BCUT2D eigenvalue weighted by molar-refractivity contribution is 5.94. The number of rotatable bonds is 2. The highest BCUT2D eigenvalue weighted by Gasteiger charge is 2.36. The number of carbonyl (C=O) groups is 2. The van der Waals surface area contributed by atoms with Crippen molar-refractivity contribution in [2.45, 2.75) is 39.3 Å².